The summed E-state index contributed by atoms with van der Waals surface area (Å²) in [6.07, 6.45) is 1.77. The molecule has 1 unspecified atom stereocenters. The maximum atomic E-state index is 12.8. The van der Waals surface area contributed by atoms with E-state index in [1.54, 1.807) is 11.1 Å². The molecule has 120 valence electrons. The molecule has 1 saturated heterocycles. The monoisotopic (exact) mass is 312 g/mol. The van der Waals surface area contributed by atoms with Gasteiger partial charge in [-0.25, -0.2) is 0 Å². The van der Waals surface area contributed by atoms with Crippen LogP contribution >= 0.6 is 0 Å². The zero-order valence-corrected chi connectivity index (χ0v) is 13.1. The molecule has 1 amide bonds. The molecular formula is C18H20N2O3. The summed E-state index contributed by atoms with van der Waals surface area (Å²) >= 11 is 0. The van der Waals surface area contributed by atoms with E-state index in [1.807, 2.05) is 43.3 Å². The van der Waals surface area contributed by atoms with Crippen molar-refractivity contribution in [2.75, 3.05) is 26.4 Å². The molecule has 5 heteroatoms. The average Bonchev–Trinajstić information content (AvgIpc) is 2.61. The summed E-state index contributed by atoms with van der Waals surface area (Å²) in [5.74, 6) is -0.0695. The van der Waals surface area contributed by atoms with E-state index in [1.165, 1.54) is 0 Å². The van der Waals surface area contributed by atoms with Crippen molar-refractivity contribution < 1.29 is 14.6 Å². The van der Waals surface area contributed by atoms with E-state index in [-0.39, 0.29) is 18.6 Å². The maximum Gasteiger partial charge on any atom is 0.254 e. The van der Waals surface area contributed by atoms with Crippen LogP contribution in [0.1, 0.15) is 16.1 Å². The standard InChI is InChI=1S/C18H20N2O3/c1-13-9-15(5-6-19-13)14-3-2-4-16(10-14)18(22)20-7-8-23-12-17(20)11-21/h2-6,9-10,17,21H,7-8,11-12H2,1H3. The number of ether oxygens (including phenoxy) is 1. The van der Waals surface area contributed by atoms with Gasteiger partial charge < -0.3 is 14.7 Å². The summed E-state index contributed by atoms with van der Waals surface area (Å²) in [7, 11) is 0. The van der Waals surface area contributed by atoms with Gasteiger partial charge in [0.25, 0.3) is 5.91 Å². The first-order chi connectivity index (χ1) is 11.2. The molecule has 0 aliphatic carbocycles. The lowest BCUT2D eigenvalue weighted by Crippen LogP contribution is -2.50. The Hall–Kier alpha value is -2.24. The Bertz CT molecular complexity index is 702. The number of morpholine rings is 1. The van der Waals surface area contributed by atoms with Crippen molar-refractivity contribution in [1.82, 2.24) is 9.88 Å². The number of carbonyl (C=O) groups is 1. The van der Waals surface area contributed by atoms with Gasteiger partial charge in [0.05, 0.1) is 25.9 Å². The van der Waals surface area contributed by atoms with E-state index in [0.717, 1.165) is 16.8 Å². The normalized spacial score (nSPS) is 18.0. The molecule has 3 rings (SSSR count). The minimum Gasteiger partial charge on any atom is -0.394 e. The van der Waals surface area contributed by atoms with Gasteiger partial charge in [0.15, 0.2) is 0 Å². The second-order valence-electron chi connectivity index (χ2n) is 5.68. The van der Waals surface area contributed by atoms with Gasteiger partial charge in [0.1, 0.15) is 0 Å². The van der Waals surface area contributed by atoms with Crippen molar-refractivity contribution in [2.24, 2.45) is 0 Å². The van der Waals surface area contributed by atoms with Gasteiger partial charge in [-0.2, -0.15) is 0 Å². The third-order valence-electron chi connectivity index (χ3n) is 4.04. The third-order valence-corrected chi connectivity index (χ3v) is 4.04. The number of nitrogens with zero attached hydrogens (tertiary/aromatic N) is 2. The molecule has 0 radical (unpaired) electrons. The summed E-state index contributed by atoms with van der Waals surface area (Å²) in [6, 6.07) is 11.2. The number of hydrogen-bond donors (Lipinski definition) is 1. The summed E-state index contributed by atoms with van der Waals surface area (Å²) < 4.78 is 5.33. The van der Waals surface area contributed by atoms with Crippen molar-refractivity contribution in [2.45, 2.75) is 13.0 Å². The molecule has 1 aliphatic rings. The molecule has 0 spiro atoms. The van der Waals surface area contributed by atoms with Gasteiger partial charge in [-0.15, -0.1) is 0 Å². The number of pyridine rings is 1. The highest BCUT2D eigenvalue weighted by Crippen LogP contribution is 2.22. The SMILES string of the molecule is Cc1cc(-c2cccc(C(=O)N3CCOCC3CO)c2)ccn1. The molecule has 1 aromatic heterocycles. The van der Waals surface area contributed by atoms with Gasteiger partial charge in [-0.3, -0.25) is 9.78 Å². The van der Waals surface area contributed by atoms with Crippen LogP contribution in [0.25, 0.3) is 11.1 Å². The van der Waals surface area contributed by atoms with Crippen molar-refractivity contribution in [3.05, 3.63) is 53.9 Å². The van der Waals surface area contributed by atoms with Crippen LogP contribution in [-0.4, -0.2) is 53.3 Å². The van der Waals surface area contributed by atoms with Crippen LogP contribution in [0, 0.1) is 6.92 Å². The van der Waals surface area contributed by atoms with Crippen LogP contribution in [0.3, 0.4) is 0 Å². The molecule has 5 nitrogen and oxygen atoms in total. The number of hydrogen-bond acceptors (Lipinski definition) is 4. The number of rotatable bonds is 3. The number of benzene rings is 1. The molecule has 1 N–H and O–H groups in total. The van der Waals surface area contributed by atoms with Crippen LogP contribution in [0.15, 0.2) is 42.6 Å². The van der Waals surface area contributed by atoms with Gasteiger partial charge >= 0.3 is 0 Å². The lowest BCUT2D eigenvalue weighted by Gasteiger charge is -2.34. The zero-order chi connectivity index (χ0) is 16.2. The highest BCUT2D eigenvalue weighted by Gasteiger charge is 2.27. The van der Waals surface area contributed by atoms with Crippen LogP contribution < -0.4 is 0 Å². The van der Waals surface area contributed by atoms with E-state index >= 15 is 0 Å². The minimum absolute atomic E-state index is 0.0695. The van der Waals surface area contributed by atoms with Crippen molar-refractivity contribution in [3.63, 3.8) is 0 Å². The molecule has 1 aromatic carbocycles. The summed E-state index contributed by atoms with van der Waals surface area (Å²) in [5, 5.41) is 9.44. The van der Waals surface area contributed by atoms with E-state index in [2.05, 4.69) is 4.98 Å². The Labute approximate surface area is 135 Å². The van der Waals surface area contributed by atoms with Crippen molar-refractivity contribution in [1.29, 1.82) is 0 Å². The van der Waals surface area contributed by atoms with Gasteiger partial charge in [-0.05, 0) is 42.3 Å². The fraction of sp³-hybridized carbons (Fsp3) is 0.333. The Morgan fingerprint density at radius 2 is 2.17 bits per heavy atom. The number of amides is 1. The lowest BCUT2D eigenvalue weighted by molar-refractivity contribution is -0.0183. The van der Waals surface area contributed by atoms with E-state index in [4.69, 9.17) is 4.74 Å². The smallest absolute Gasteiger partial charge is 0.254 e. The second kappa shape index (κ2) is 6.89. The molecule has 23 heavy (non-hydrogen) atoms. The predicted octanol–water partition coefficient (Wildman–Crippen LogP) is 1.89. The fourth-order valence-corrected chi connectivity index (χ4v) is 2.80. The molecule has 2 heterocycles. The summed E-state index contributed by atoms with van der Waals surface area (Å²) in [6.45, 7) is 3.24. The number of carbonyl (C=O) groups excluding carboxylic acids is 1. The number of aliphatic hydroxyl groups is 1. The first-order valence-electron chi connectivity index (χ1n) is 7.71. The van der Waals surface area contributed by atoms with Gasteiger partial charge in [-0.1, -0.05) is 12.1 Å². The molecule has 1 atom stereocenters. The molecule has 2 aromatic rings. The highest BCUT2D eigenvalue weighted by atomic mass is 16.5. The molecule has 0 saturated carbocycles. The number of aromatic nitrogens is 1. The highest BCUT2D eigenvalue weighted by molar-refractivity contribution is 5.95. The van der Waals surface area contributed by atoms with Crippen LogP contribution in [0.5, 0.6) is 0 Å². The van der Waals surface area contributed by atoms with Crippen molar-refractivity contribution >= 4 is 5.91 Å². The molecule has 0 bridgehead atoms. The number of aryl methyl sites for hydroxylation is 1. The largest absolute Gasteiger partial charge is 0.394 e. The quantitative estimate of drug-likeness (QED) is 0.940. The lowest BCUT2D eigenvalue weighted by atomic mass is 10.0. The summed E-state index contributed by atoms with van der Waals surface area (Å²) in [4.78, 5) is 18.7. The predicted molar refractivity (Wildman–Crippen MR) is 87.1 cm³/mol. The van der Waals surface area contributed by atoms with Crippen LogP contribution in [0.2, 0.25) is 0 Å². The Morgan fingerprint density at radius 1 is 1.35 bits per heavy atom. The van der Waals surface area contributed by atoms with Gasteiger partial charge in [0, 0.05) is 24.0 Å². The zero-order valence-electron chi connectivity index (χ0n) is 13.1. The summed E-state index contributed by atoms with van der Waals surface area (Å²) in [5.41, 5.74) is 3.58. The van der Waals surface area contributed by atoms with Gasteiger partial charge in [0.2, 0.25) is 0 Å². The Morgan fingerprint density at radius 3 is 2.96 bits per heavy atom. The van der Waals surface area contributed by atoms with E-state index in [9.17, 15) is 9.90 Å². The Kier molecular flexibility index (Phi) is 4.69. The Balaban J connectivity index is 1.88. The van der Waals surface area contributed by atoms with E-state index in [0.29, 0.717) is 25.3 Å². The van der Waals surface area contributed by atoms with Crippen molar-refractivity contribution in [3.8, 4) is 11.1 Å². The minimum atomic E-state index is -0.275. The number of aliphatic hydroxyl groups excluding tert-OH is 1. The van der Waals surface area contributed by atoms with Crippen LogP contribution in [0.4, 0.5) is 0 Å². The average molecular weight is 312 g/mol. The first-order valence-corrected chi connectivity index (χ1v) is 7.71. The topological polar surface area (TPSA) is 62.7 Å². The fourth-order valence-electron chi connectivity index (χ4n) is 2.80. The molecular weight excluding hydrogens is 292 g/mol. The first kappa shape index (κ1) is 15.6. The molecule has 1 aliphatic heterocycles. The van der Waals surface area contributed by atoms with E-state index < -0.39 is 0 Å². The molecule has 1 fully saturated rings. The maximum absolute atomic E-state index is 12.8. The van der Waals surface area contributed by atoms with Crippen LogP contribution in [-0.2, 0) is 4.74 Å². The second-order valence-corrected chi connectivity index (χ2v) is 5.68. The third kappa shape index (κ3) is 3.41.